The maximum Gasteiger partial charge on any atom is 0.341 e. The third kappa shape index (κ3) is 5.32. The van der Waals surface area contributed by atoms with Crippen molar-refractivity contribution in [3.63, 3.8) is 0 Å². The average molecular weight is 420 g/mol. The molecule has 0 aliphatic carbocycles. The molecule has 1 heterocycles. The highest BCUT2D eigenvalue weighted by Crippen LogP contribution is 2.29. The number of ether oxygens (including phenoxy) is 1. The molecule has 1 aromatic heterocycles. The molecule has 0 bridgehead atoms. The standard InChI is InChI=1S/C20H24N2O6S/c1-4-28-20(25)17-6-5-13-21-19(17)22(15(3)9-12-18(23)24)29(26,27)16-10-7-14(2)8-11-16/h5-8,10-11,13,15H,4,9,12H2,1-3H3,(H,23,24). The topological polar surface area (TPSA) is 114 Å². The van der Waals surface area contributed by atoms with E-state index in [1.54, 1.807) is 26.0 Å². The van der Waals surface area contributed by atoms with Crippen LogP contribution in [0.1, 0.15) is 42.6 Å². The zero-order chi connectivity index (χ0) is 21.6. The second-order valence-corrected chi connectivity index (χ2v) is 8.31. The third-order valence-corrected chi connectivity index (χ3v) is 6.16. The minimum absolute atomic E-state index is 0.00721. The molecule has 0 spiro atoms. The van der Waals surface area contributed by atoms with Gasteiger partial charge in [0.2, 0.25) is 0 Å². The first-order valence-electron chi connectivity index (χ1n) is 9.13. The summed E-state index contributed by atoms with van der Waals surface area (Å²) in [5.74, 6) is -1.84. The first-order valence-corrected chi connectivity index (χ1v) is 10.6. The van der Waals surface area contributed by atoms with Gasteiger partial charge in [-0.2, -0.15) is 0 Å². The summed E-state index contributed by atoms with van der Waals surface area (Å²) in [7, 11) is -4.12. The molecule has 0 radical (unpaired) electrons. The number of aliphatic carboxylic acids is 1. The lowest BCUT2D eigenvalue weighted by Crippen LogP contribution is -2.40. The van der Waals surface area contributed by atoms with Crippen LogP contribution in [0.15, 0.2) is 47.5 Å². The van der Waals surface area contributed by atoms with E-state index in [2.05, 4.69) is 4.98 Å². The maximum absolute atomic E-state index is 13.4. The summed E-state index contributed by atoms with van der Waals surface area (Å²) in [6.45, 7) is 5.18. The molecule has 1 N–H and O–H groups in total. The Morgan fingerprint density at radius 3 is 2.45 bits per heavy atom. The average Bonchev–Trinajstić information content (AvgIpc) is 2.67. The molecule has 0 amide bonds. The zero-order valence-corrected chi connectivity index (χ0v) is 17.3. The fourth-order valence-electron chi connectivity index (χ4n) is 2.77. The van der Waals surface area contributed by atoms with E-state index in [1.807, 2.05) is 6.92 Å². The Kier molecular flexibility index (Phi) is 7.33. The molecule has 0 saturated heterocycles. The fourth-order valence-corrected chi connectivity index (χ4v) is 4.43. The second kappa shape index (κ2) is 9.51. The third-order valence-electron chi connectivity index (χ3n) is 4.24. The summed E-state index contributed by atoms with van der Waals surface area (Å²) in [4.78, 5) is 27.6. The van der Waals surface area contributed by atoms with Gasteiger partial charge in [-0.15, -0.1) is 0 Å². The molecular weight excluding hydrogens is 396 g/mol. The van der Waals surface area contributed by atoms with Crippen molar-refractivity contribution in [2.45, 2.75) is 44.6 Å². The summed E-state index contributed by atoms with van der Waals surface area (Å²) in [5.41, 5.74) is 0.881. The largest absolute Gasteiger partial charge is 0.481 e. The van der Waals surface area contributed by atoms with E-state index in [4.69, 9.17) is 9.84 Å². The maximum atomic E-state index is 13.4. The fraction of sp³-hybridized carbons (Fsp3) is 0.350. The lowest BCUT2D eigenvalue weighted by atomic mass is 10.1. The molecule has 1 atom stereocenters. The molecule has 1 unspecified atom stereocenters. The van der Waals surface area contributed by atoms with Crippen LogP contribution in [-0.2, 0) is 19.6 Å². The number of aromatic nitrogens is 1. The van der Waals surface area contributed by atoms with Gasteiger partial charge in [-0.05, 0) is 51.5 Å². The predicted octanol–water partition coefficient (Wildman–Crippen LogP) is 3.02. The van der Waals surface area contributed by atoms with Gasteiger partial charge in [-0.3, -0.25) is 4.79 Å². The monoisotopic (exact) mass is 420 g/mol. The number of carbonyl (C=O) groups excluding carboxylic acids is 1. The predicted molar refractivity (Wildman–Crippen MR) is 107 cm³/mol. The van der Waals surface area contributed by atoms with Crippen LogP contribution < -0.4 is 4.31 Å². The van der Waals surface area contributed by atoms with Gasteiger partial charge >= 0.3 is 11.9 Å². The van der Waals surface area contributed by atoms with Crippen LogP contribution in [0, 0.1) is 6.92 Å². The van der Waals surface area contributed by atoms with Crippen LogP contribution in [0.25, 0.3) is 0 Å². The van der Waals surface area contributed by atoms with Gasteiger partial charge in [0.1, 0.15) is 5.56 Å². The van der Waals surface area contributed by atoms with E-state index in [-0.39, 0.29) is 35.7 Å². The number of sulfonamides is 1. The van der Waals surface area contributed by atoms with E-state index in [1.165, 1.54) is 30.5 Å². The smallest absolute Gasteiger partial charge is 0.341 e. The number of esters is 1. The van der Waals surface area contributed by atoms with Gasteiger partial charge < -0.3 is 9.84 Å². The van der Waals surface area contributed by atoms with Crippen molar-refractivity contribution in [3.8, 4) is 0 Å². The van der Waals surface area contributed by atoms with Gasteiger partial charge in [-0.25, -0.2) is 22.5 Å². The van der Waals surface area contributed by atoms with Crippen LogP contribution in [0.4, 0.5) is 5.82 Å². The van der Waals surface area contributed by atoms with Gasteiger partial charge in [-0.1, -0.05) is 17.7 Å². The molecule has 156 valence electrons. The highest BCUT2D eigenvalue weighted by Gasteiger charge is 2.33. The summed E-state index contributed by atoms with van der Waals surface area (Å²) >= 11 is 0. The Bertz CT molecular complexity index is 973. The highest BCUT2D eigenvalue weighted by atomic mass is 32.2. The highest BCUT2D eigenvalue weighted by molar-refractivity contribution is 7.92. The summed E-state index contributed by atoms with van der Waals surface area (Å²) < 4.78 is 32.9. The number of rotatable bonds is 9. The van der Waals surface area contributed by atoms with E-state index < -0.39 is 28.0 Å². The number of benzene rings is 1. The van der Waals surface area contributed by atoms with Crippen molar-refractivity contribution in [1.29, 1.82) is 0 Å². The number of carboxylic acids is 1. The molecule has 2 rings (SSSR count). The van der Waals surface area contributed by atoms with E-state index in [0.29, 0.717) is 0 Å². The molecular formula is C20H24N2O6S. The molecule has 29 heavy (non-hydrogen) atoms. The minimum Gasteiger partial charge on any atom is -0.481 e. The van der Waals surface area contributed by atoms with Crippen molar-refractivity contribution in [2.24, 2.45) is 0 Å². The van der Waals surface area contributed by atoms with Crippen molar-refractivity contribution in [2.75, 3.05) is 10.9 Å². The van der Waals surface area contributed by atoms with Crippen molar-refractivity contribution in [3.05, 3.63) is 53.7 Å². The van der Waals surface area contributed by atoms with Crippen molar-refractivity contribution in [1.82, 2.24) is 4.98 Å². The second-order valence-electron chi connectivity index (χ2n) is 6.49. The number of carboxylic acid groups (broad SMARTS) is 1. The Hall–Kier alpha value is -2.94. The molecule has 2 aromatic rings. The van der Waals surface area contributed by atoms with E-state index >= 15 is 0 Å². The molecule has 9 heteroatoms. The summed E-state index contributed by atoms with van der Waals surface area (Å²) in [6.07, 6.45) is 1.18. The molecule has 0 fully saturated rings. The number of hydrogen-bond acceptors (Lipinski definition) is 6. The molecule has 0 aliphatic heterocycles. The number of nitrogens with zero attached hydrogens (tertiary/aromatic N) is 2. The SMILES string of the molecule is CCOC(=O)c1cccnc1N(C(C)CCC(=O)O)S(=O)(=O)c1ccc(C)cc1. The van der Waals surface area contributed by atoms with Gasteiger partial charge in [0.15, 0.2) is 5.82 Å². The molecule has 8 nitrogen and oxygen atoms in total. The van der Waals surface area contributed by atoms with E-state index in [9.17, 15) is 18.0 Å². The van der Waals surface area contributed by atoms with Crippen molar-refractivity contribution < 1.29 is 27.9 Å². The number of pyridine rings is 1. The lowest BCUT2D eigenvalue weighted by Gasteiger charge is -2.30. The first-order chi connectivity index (χ1) is 13.7. The Labute approximate surface area is 170 Å². The number of carbonyl (C=O) groups is 2. The quantitative estimate of drug-likeness (QED) is 0.620. The Morgan fingerprint density at radius 1 is 1.21 bits per heavy atom. The number of anilines is 1. The Morgan fingerprint density at radius 2 is 1.86 bits per heavy atom. The van der Waals surface area contributed by atoms with E-state index in [0.717, 1.165) is 9.87 Å². The van der Waals surface area contributed by atoms with Gasteiger partial charge in [0, 0.05) is 18.7 Å². The Balaban J connectivity index is 2.62. The van der Waals surface area contributed by atoms with Crippen molar-refractivity contribution >= 4 is 27.8 Å². The lowest BCUT2D eigenvalue weighted by molar-refractivity contribution is -0.137. The minimum atomic E-state index is -4.12. The summed E-state index contributed by atoms with van der Waals surface area (Å²) in [6, 6.07) is 8.44. The molecule has 0 saturated carbocycles. The van der Waals surface area contributed by atoms with Crippen LogP contribution in [0.5, 0.6) is 0 Å². The molecule has 1 aromatic carbocycles. The zero-order valence-electron chi connectivity index (χ0n) is 16.5. The van der Waals surface area contributed by atoms with Crippen LogP contribution >= 0.6 is 0 Å². The first kappa shape index (κ1) is 22.4. The van der Waals surface area contributed by atoms with Crippen LogP contribution in [0.2, 0.25) is 0 Å². The van der Waals surface area contributed by atoms with Crippen LogP contribution in [-0.4, -0.2) is 43.1 Å². The summed E-state index contributed by atoms with van der Waals surface area (Å²) in [5, 5.41) is 9.02. The number of hydrogen-bond donors (Lipinski definition) is 1. The van der Waals surface area contributed by atoms with Crippen LogP contribution in [0.3, 0.4) is 0 Å². The molecule has 0 aliphatic rings. The van der Waals surface area contributed by atoms with Gasteiger partial charge in [0.05, 0.1) is 11.5 Å². The normalized spacial score (nSPS) is 12.2. The number of aryl methyl sites for hydroxylation is 1. The van der Waals surface area contributed by atoms with Gasteiger partial charge in [0.25, 0.3) is 10.0 Å².